The van der Waals surface area contributed by atoms with E-state index in [1.165, 1.54) is 5.57 Å². The van der Waals surface area contributed by atoms with Crippen molar-refractivity contribution in [3.63, 3.8) is 0 Å². The van der Waals surface area contributed by atoms with Crippen LogP contribution in [0.2, 0.25) is 0 Å². The van der Waals surface area contributed by atoms with Gasteiger partial charge in [0.15, 0.2) is 0 Å². The third kappa shape index (κ3) is 6.50. The predicted octanol–water partition coefficient (Wildman–Crippen LogP) is 4.64. The fourth-order valence-corrected chi connectivity index (χ4v) is 4.73. The summed E-state index contributed by atoms with van der Waals surface area (Å²) in [5, 5.41) is 8.45. The number of amides is 1. The smallest absolute Gasteiger partial charge is 0.274 e. The number of benzene rings is 1. The number of pyridine rings is 1. The van der Waals surface area contributed by atoms with Gasteiger partial charge in [-0.05, 0) is 44.7 Å². The standard InChI is InChI=1S/C31H37N7O2/c1-23(2)7-5-8-24(3)22-38-28-10-6-9-27(26(28)20-33-38)34-31(39)29-21-32-30-19-25(11-12-37(29)30)40-18-17-36-15-13-35(4)14-16-36/h5-12,19-21H,3,13-18,22H2,1-2,4H3,(H,34,39)/b8-5-. The van der Waals surface area contributed by atoms with E-state index in [0.29, 0.717) is 30.2 Å². The Kier molecular flexibility index (Phi) is 8.42. The molecular weight excluding hydrogens is 502 g/mol. The fraction of sp³-hybridized carbons (Fsp3) is 0.323. The van der Waals surface area contributed by atoms with E-state index >= 15 is 0 Å². The van der Waals surface area contributed by atoms with Crippen molar-refractivity contribution in [1.29, 1.82) is 0 Å². The third-order valence-electron chi connectivity index (χ3n) is 7.04. The largest absolute Gasteiger partial charge is 0.492 e. The number of likely N-dealkylation sites (N-methyl/N-ethyl adjacent to an activating group) is 1. The number of carbonyl (C=O) groups excluding carboxylic acids is 1. The number of piperazine rings is 1. The maximum atomic E-state index is 13.3. The van der Waals surface area contributed by atoms with Crippen molar-refractivity contribution in [3.8, 4) is 5.75 Å². The molecule has 9 nitrogen and oxygen atoms in total. The van der Waals surface area contributed by atoms with Gasteiger partial charge in [0.05, 0.1) is 30.1 Å². The SMILES string of the molecule is C=C(/C=C\C=C(C)C)Cn1ncc2c(NC(=O)c3cnc4cc(OCCN5CCN(C)CC5)ccn34)cccc21. The van der Waals surface area contributed by atoms with E-state index in [2.05, 4.69) is 52.7 Å². The number of nitrogens with one attached hydrogen (secondary N) is 1. The number of ether oxygens (including phenoxy) is 1. The first-order chi connectivity index (χ1) is 19.4. The molecule has 4 heterocycles. The van der Waals surface area contributed by atoms with Gasteiger partial charge in [-0.25, -0.2) is 4.98 Å². The summed E-state index contributed by atoms with van der Waals surface area (Å²) >= 11 is 0. The van der Waals surface area contributed by atoms with Crippen molar-refractivity contribution in [3.05, 3.63) is 90.6 Å². The molecule has 1 aliphatic rings. The Morgan fingerprint density at radius 1 is 1.15 bits per heavy atom. The fourth-order valence-electron chi connectivity index (χ4n) is 4.73. The summed E-state index contributed by atoms with van der Waals surface area (Å²) in [6, 6.07) is 9.53. The van der Waals surface area contributed by atoms with Gasteiger partial charge in [0.1, 0.15) is 23.7 Å². The molecule has 1 saturated heterocycles. The summed E-state index contributed by atoms with van der Waals surface area (Å²) in [4.78, 5) is 22.5. The first-order valence-corrected chi connectivity index (χ1v) is 13.6. The molecule has 0 atom stereocenters. The monoisotopic (exact) mass is 539 g/mol. The minimum atomic E-state index is -0.245. The van der Waals surface area contributed by atoms with Crippen molar-refractivity contribution < 1.29 is 9.53 Å². The lowest BCUT2D eigenvalue weighted by Gasteiger charge is -2.32. The Hall–Kier alpha value is -4.21. The van der Waals surface area contributed by atoms with Crippen LogP contribution >= 0.6 is 0 Å². The second kappa shape index (κ2) is 12.3. The Morgan fingerprint density at radius 3 is 2.77 bits per heavy atom. The van der Waals surface area contributed by atoms with E-state index in [4.69, 9.17) is 4.74 Å². The van der Waals surface area contributed by atoms with E-state index in [9.17, 15) is 4.79 Å². The Balaban J connectivity index is 1.23. The minimum absolute atomic E-state index is 0.245. The summed E-state index contributed by atoms with van der Waals surface area (Å²) in [6.07, 6.45) is 11.2. The van der Waals surface area contributed by atoms with Crippen molar-refractivity contribution in [2.24, 2.45) is 0 Å². The second-order valence-corrected chi connectivity index (χ2v) is 10.5. The molecule has 0 aliphatic carbocycles. The maximum absolute atomic E-state index is 13.3. The van der Waals surface area contributed by atoms with Gasteiger partial charge in [0, 0.05) is 50.4 Å². The molecule has 5 rings (SSSR count). The topological polar surface area (TPSA) is 79.9 Å². The first kappa shape index (κ1) is 27.4. The Bertz CT molecular complexity index is 1570. The van der Waals surface area contributed by atoms with Gasteiger partial charge in [-0.3, -0.25) is 18.8 Å². The molecule has 1 N–H and O–H groups in total. The zero-order valence-corrected chi connectivity index (χ0v) is 23.5. The molecule has 9 heteroatoms. The average molecular weight is 540 g/mol. The lowest BCUT2D eigenvalue weighted by molar-refractivity contribution is 0.102. The third-order valence-corrected chi connectivity index (χ3v) is 7.04. The number of nitrogens with zero attached hydrogens (tertiary/aromatic N) is 6. The Labute approximate surface area is 235 Å². The van der Waals surface area contributed by atoms with Gasteiger partial charge in [0.25, 0.3) is 5.91 Å². The number of allylic oxidation sites excluding steroid dienone is 5. The number of imidazole rings is 1. The maximum Gasteiger partial charge on any atom is 0.274 e. The zero-order valence-electron chi connectivity index (χ0n) is 23.5. The summed E-state index contributed by atoms with van der Waals surface area (Å²) in [7, 11) is 2.15. The number of hydrogen-bond donors (Lipinski definition) is 1. The van der Waals surface area contributed by atoms with E-state index in [0.717, 1.165) is 54.9 Å². The highest BCUT2D eigenvalue weighted by Crippen LogP contribution is 2.25. The molecule has 0 saturated carbocycles. The molecule has 1 aliphatic heterocycles. The molecule has 1 fully saturated rings. The number of rotatable bonds is 10. The van der Waals surface area contributed by atoms with Crippen molar-refractivity contribution >= 4 is 28.1 Å². The Morgan fingerprint density at radius 2 is 1.98 bits per heavy atom. The van der Waals surface area contributed by atoms with Crippen LogP contribution in [0.3, 0.4) is 0 Å². The highest BCUT2D eigenvalue weighted by molar-refractivity contribution is 6.08. The van der Waals surface area contributed by atoms with Crippen LogP contribution in [0.4, 0.5) is 5.69 Å². The molecule has 3 aromatic heterocycles. The van der Waals surface area contributed by atoms with Crippen LogP contribution in [-0.4, -0.2) is 81.3 Å². The highest BCUT2D eigenvalue weighted by atomic mass is 16.5. The number of carbonyl (C=O) groups is 1. The number of fused-ring (bicyclic) bond motifs is 2. The lowest BCUT2D eigenvalue weighted by atomic mass is 10.2. The normalized spacial score (nSPS) is 14.7. The van der Waals surface area contributed by atoms with Crippen LogP contribution in [0.25, 0.3) is 16.6 Å². The number of hydrogen-bond acceptors (Lipinski definition) is 6. The molecule has 208 valence electrons. The molecule has 1 aromatic carbocycles. The highest BCUT2D eigenvalue weighted by Gasteiger charge is 2.16. The molecule has 0 spiro atoms. The number of anilines is 1. The van der Waals surface area contributed by atoms with Crippen LogP contribution < -0.4 is 10.1 Å². The molecule has 1 amide bonds. The van der Waals surface area contributed by atoms with Crippen molar-refractivity contribution in [2.45, 2.75) is 20.4 Å². The minimum Gasteiger partial charge on any atom is -0.492 e. The molecule has 0 unspecified atom stereocenters. The summed E-state index contributed by atoms with van der Waals surface area (Å²) in [6.45, 7) is 14.6. The average Bonchev–Trinajstić information content (AvgIpc) is 3.54. The van der Waals surface area contributed by atoms with Crippen LogP contribution in [0.15, 0.2) is 84.9 Å². The predicted molar refractivity (Wildman–Crippen MR) is 160 cm³/mol. The van der Waals surface area contributed by atoms with E-state index in [-0.39, 0.29) is 5.91 Å². The van der Waals surface area contributed by atoms with Gasteiger partial charge in [-0.15, -0.1) is 0 Å². The lowest BCUT2D eigenvalue weighted by Crippen LogP contribution is -2.45. The zero-order chi connectivity index (χ0) is 28.1. The summed E-state index contributed by atoms with van der Waals surface area (Å²) < 4.78 is 9.65. The van der Waals surface area contributed by atoms with Crippen molar-refractivity contribution in [1.82, 2.24) is 29.0 Å². The molecule has 40 heavy (non-hydrogen) atoms. The molecule has 0 radical (unpaired) electrons. The summed E-state index contributed by atoms with van der Waals surface area (Å²) in [5.41, 5.74) is 4.88. The number of aromatic nitrogens is 4. The first-order valence-electron chi connectivity index (χ1n) is 13.6. The summed E-state index contributed by atoms with van der Waals surface area (Å²) in [5.74, 6) is 0.499. The van der Waals surface area contributed by atoms with Crippen LogP contribution in [0, 0.1) is 0 Å². The molecule has 4 aromatic rings. The molecular formula is C31H37N7O2. The van der Waals surface area contributed by atoms with E-state index in [1.807, 2.05) is 59.4 Å². The van der Waals surface area contributed by atoms with E-state index in [1.54, 1.807) is 16.8 Å². The van der Waals surface area contributed by atoms with E-state index < -0.39 is 0 Å². The van der Waals surface area contributed by atoms with Crippen LogP contribution in [0.5, 0.6) is 5.75 Å². The van der Waals surface area contributed by atoms with Gasteiger partial charge >= 0.3 is 0 Å². The van der Waals surface area contributed by atoms with Crippen LogP contribution in [-0.2, 0) is 6.54 Å². The van der Waals surface area contributed by atoms with Crippen LogP contribution in [0.1, 0.15) is 24.3 Å². The van der Waals surface area contributed by atoms with Gasteiger partial charge in [-0.1, -0.05) is 36.4 Å². The quantitative estimate of drug-likeness (QED) is 0.296. The van der Waals surface area contributed by atoms with Crippen molar-refractivity contribution in [2.75, 3.05) is 51.7 Å². The second-order valence-electron chi connectivity index (χ2n) is 10.5. The van der Waals surface area contributed by atoms with Gasteiger partial charge < -0.3 is 15.0 Å². The van der Waals surface area contributed by atoms with Gasteiger partial charge in [-0.2, -0.15) is 5.10 Å². The van der Waals surface area contributed by atoms with Gasteiger partial charge in [0.2, 0.25) is 0 Å². The molecule has 0 bridgehead atoms.